The largest absolute Gasteiger partial charge is 0.0883 e. The maximum Gasteiger partial charge on any atom is -0.0322 e. The lowest BCUT2D eigenvalue weighted by Gasteiger charge is -2.19. The van der Waals surface area contributed by atoms with Gasteiger partial charge in [-0.25, -0.2) is 0 Å². The minimum Gasteiger partial charge on any atom is -0.0883 e. The monoisotopic (exact) mass is 140 g/mol. The fourth-order valence-electron chi connectivity index (χ4n) is 1.09. The summed E-state index contributed by atoms with van der Waals surface area (Å²) in [6.07, 6.45) is 7.18. The van der Waals surface area contributed by atoms with E-state index in [0.29, 0.717) is 0 Å². The molecular formula is C10H20. The Balaban J connectivity index is 0.000000371. The normalized spacial score (nSPS) is 30.8. The zero-order valence-corrected chi connectivity index (χ0v) is 7.72. The summed E-state index contributed by atoms with van der Waals surface area (Å²) < 4.78 is 0. The third-order valence-corrected chi connectivity index (χ3v) is 2.15. The number of allylic oxidation sites excluding steroid dienone is 2. The lowest BCUT2D eigenvalue weighted by molar-refractivity contribution is 0.380. The van der Waals surface area contributed by atoms with Gasteiger partial charge in [-0.3, -0.25) is 0 Å². The van der Waals surface area contributed by atoms with Crippen LogP contribution in [-0.4, -0.2) is 0 Å². The molecule has 10 heavy (non-hydrogen) atoms. The van der Waals surface area contributed by atoms with Crippen LogP contribution in [0.5, 0.6) is 0 Å². The molecule has 0 saturated carbocycles. The highest BCUT2D eigenvalue weighted by atomic mass is 14.2. The van der Waals surface area contributed by atoms with E-state index >= 15 is 0 Å². The van der Waals surface area contributed by atoms with Crippen LogP contribution in [-0.2, 0) is 0 Å². The topological polar surface area (TPSA) is 0 Å². The van der Waals surface area contributed by atoms with E-state index in [2.05, 4.69) is 26.0 Å². The predicted octanol–water partition coefficient (Wildman–Crippen LogP) is 3.63. The first kappa shape index (κ1) is 9.74. The molecular weight excluding hydrogens is 120 g/mol. The van der Waals surface area contributed by atoms with Crippen LogP contribution in [0.2, 0.25) is 0 Å². The Hall–Kier alpha value is -0.260. The van der Waals surface area contributed by atoms with E-state index in [1.54, 1.807) is 0 Å². The summed E-state index contributed by atoms with van der Waals surface area (Å²) in [4.78, 5) is 0. The standard InChI is InChI=1S/C8H14.C2H6/c1-7-5-3-4-6-8(7)2;1-2/h3-4,7-8H,5-6H2,1-2H3;1-2H3. The molecule has 0 aliphatic heterocycles. The quantitative estimate of drug-likeness (QED) is 0.451. The van der Waals surface area contributed by atoms with E-state index in [4.69, 9.17) is 0 Å². The molecule has 0 radical (unpaired) electrons. The van der Waals surface area contributed by atoms with Crippen LogP contribution in [0.3, 0.4) is 0 Å². The number of hydrogen-bond donors (Lipinski definition) is 0. The third-order valence-electron chi connectivity index (χ3n) is 2.15. The van der Waals surface area contributed by atoms with Crippen molar-refractivity contribution in [1.82, 2.24) is 0 Å². The van der Waals surface area contributed by atoms with E-state index in [1.165, 1.54) is 12.8 Å². The molecule has 0 aromatic rings. The molecule has 1 rings (SSSR count). The summed E-state index contributed by atoms with van der Waals surface area (Å²) in [6, 6.07) is 0. The average molecular weight is 140 g/mol. The third kappa shape index (κ3) is 3.05. The van der Waals surface area contributed by atoms with Crippen molar-refractivity contribution in [3.8, 4) is 0 Å². The van der Waals surface area contributed by atoms with Gasteiger partial charge < -0.3 is 0 Å². The van der Waals surface area contributed by atoms with Crippen molar-refractivity contribution in [3.63, 3.8) is 0 Å². The first-order chi connectivity index (χ1) is 4.80. The van der Waals surface area contributed by atoms with Crippen LogP contribution in [0, 0.1) is 11.8 Å². The summed E-state index contributed by atoms with van der Waals surface area (Å²) in [5.74, 6) is 1.83. The van der Waals surface area contributed by atoms with E-state index in [9.17, 15) is 0 Å². The summed E-state index contributed by atoms with van der Waals surface area (Å²) in [5, 5.41) is 0. The van der Waals surface area contributed by atoms with Crippen LogP contribution >= 0.6 is 0 Å². The average Bonchev–Trinajstić information content (AvgIpc) is 2.00. The molecule has 0 spiro atoms. The molecule has 0 aromatic carbocycles. The highest BCUT2D eigenvalue weighted by Gasteiger charge is 2.11. The number of rotatable bonds is 0. The van der Waals surface area contributed by atoms with E-state index in [1.807, 2.05) is 13.8 Å². The highest BCUT2D eigenvalue weighted by Crippen LogP contribution is 2.23. The molecule has 0 fully saturated rings. The van der Waals surface area contributed by atoms with Gasteiger partial charge in [0.1, 0.15) is 0 Å². The molecule has 2 atom stereocenters. The molecule has 60 valence electrons. The van der Waals surface area contributed by atoms with Crippen molar-refractivity contribution in [2.24, 2.45) is 11.8 Å². The molecule has 2 unspecified atom stereocenters. The summed E-state index contributed by atoms with van der Waals surface area (Å²) in [6.45, 7) is 8.66. The van der Waals surface area contributed by atoms with Gasteiger partial charge >= 0.3 is 0 Å². The Morgan fingerprint density at radius 2 is 1.20 bits per heavy atom. The van der Waals surface area contributed by atoms with Gasteiger partial charge in [0.2, 0.25) is 0 Å². The Morgan fingerprint density at radius 3 is 1.40 bits per heavy atom. The van der Waals surface area contributed by atoms with Gasteiger partial charge in [0.15, 0.2) is 0 Å². The number of hydrogen-bond acceptors (Lipinski definition) is 0. The van der Waals surface area contributed by atoms with Crippen LogP contribution in [0.25, 0.3) is 0 Å². The molecule has 0 amide bonds. The maximum absolute atomic E-state index is 2.33. The smallest absolute Gasteiger partial charge is 0.0322 e. The van der Waals surface area contributed by atoms with Crippen LogP contribution in [0.15, 0.2) is 12.2 Å². The highest BCUT2D eigenvalue weighted by molar-refractivity contribution is 4.91. The molecule has 0 heterocycles. The molecule has 0 saturated heterocycles. The zero-order chi connectivity index (χ0) is 7.98. The van der Waals surface area contributed by atoms with E-state index < -0.39 is 0 Å². The van der Waals surface area contributed by atoms with Crippen molar-refractivity contribution < 1.29 is 0 Å². The second-order valence-corrected chi connectivity index (χ2v) is 2.90. The second kappa shape index (κ2) is 5.52. The van der Waals surface area contributed by atoms with Gasteiger partial charge in [0.05, 0.1) is 0 Å². The van der Waals surface area contributed by atoms with Gasteiger partial charge in [-0.15, -0.1) is 0 Å². The van der Waals surface area contributed by atoms with Crippen LogP contribution < -0.4 is 0 Å². The van der Waals surface area contributed by atoms with Crippen molar-refractivity contribution in [2.45, 2.75) is 40.5 Å². The van der Waals surface area contributed by atoms with Gasteiger partial charge in [-0.1, -0.05) is 39.8 Å². The lowest BCUT2D eigenvalue weighted by atomic mass is 9.86. The minimum absolute atomic E-state index is 0.917. The second-order valence-electron chi connectivity index (χ2n) is 2.90. The first-order valence-electron chi connectivity index (χ1n) is 4.45. The first-order valence-corrected chi connectivity index (χ1v) is 4.45. The molecule has 0 N–H and O–H groups in total. The Kier molecular flexibility index (Phi) is 5.38. The van der Waals surface area contributed by atoms with Crippen LogP contribution in [0.4, 0.5) is 0 Å². The Morgan fingerprint density at radius 1 is 0.900 bits per heavy atom. The summed E-state index contributed by atoms with van der Waals surface area (Å²) in [7, 11) is 0. The molecule has 0 bridgehead atoms. The van der Waals surface area contributed by atoms with E-state index in [0.717, 1.165) is 11.8 Å². The van der Waals surface area contributed by atoms with Gasteiger partial charge in [0.25, 0.3) is 0 Å². The van der Waals surface area contributed by atoms with Gasteiger partial charge in [-0.2, -0.15) is 0 Å². The fraction of sp³-hybridized carbons (Fsp3) is 0.800. The maximum atomic E-state index is 2.33. The molecule has 1 aliphatic rings. The Labute approximate surface area is 65.3 Å². The van der Waals surface area contributed by atoms with Crippen molar-refractivity contribution >= 4 is 0 Å². The van der Waals surface area contributed by atoms with Gasteiger partial charge in [-0.05, 0) is 24.7 Å². The molecule has 0 aromatic heterocycles. The molecule has 0 nitrogen and oxygen atoms in total. The summed E-state index contributed by atoms with van der Waals surface area (Å²) >= 11 is 0. The van der Waals surface area contributed by atoms with E-state index in [-0.39, 0.29) is 0 Å². The molecule has 1 aliphatic carbocycles. The SMILES string of the molecule is CC.CC1CC=CCC1C. The van der Waals surface area contributed by atoms with Crippen molar-refractivity contribution in [1.29, 1.82) is 0 Å². The van der Waals surface area contributed by atoms with Crippen LogP contribution in [0.1, 0.15) is 40.5 Å². The lowest BCUT2D eigenvalue weighted by Crippen LogP contribution is -2.08. The zero-order valence-electron chi connectivity index (χ0n) is 7.72. The molecule has 0 heteroatoms. The predicted molar refractivity (Wildman–Crippen MR) is 48.1 cm³/mol. The van der Waals surface area contributed by atoms with Crippen molar-refractivity contribution in [2.75, 3.05) is 0 Å². The van der Waals surface area contributed by atoms with Gasteiger partial charge in [0, 0.05) is 0 Å². The minimum atomic E-state index is 0.917. The summed E-state index contributed by atoms with van der Waals surface area (Å²) in [5.41, 5.74) is 0. The Bertz CT molecular complexity index is 80.2. The fourth-order valence-corrected chi connectivity index (χ4v) is 1.09. The van der Waals surface area contributed by atoms with Crippen molar-refractivity contribution in [3.05, 3.63) is 12.2 Å².